The van der Waals surface area contributed by atoms with Crippen molar-refractivity contribution in [2.24, 2.45) is 5.92 Å². The Bertz CT molecular complexity index is 1160. The molecule has 0 aromatic carbocycles. The Hall–Kier alpha value is -3.19. The lowest BCUT2D eigenvalue weighted by Crippen LogP contribution is -2.33. The highest BCUT2D eigenvalue weighted by Gasteiger charge is 2.17. The fraction of sp³-hybridized carbons (Fsp3) is 0.318. The second-order valence-corrected chi connectivity index (χ2v) is 7.84. The van der Waals surface area contributed by atoms with Crippen molar-refractivity contribution < 1.29 is 0 Å². The third-order valence-corrected chi connectivity index (χ3v) is 5.90. The standard InChI is InChI=1S/C22H25N7/c1-3-16-12-26-29-9-6-17(10-20(16)29)18-13-23-21-19(18)14-25-22(27-21)24-11-15-4-7-28(2)8-5-15/h3,6,9-10,12-15H,1,4-5,7-8,11H2,2H3,(H2,23,24,25,27). The first kappa shape index (κ1) is 17.9. The number of nitrogens with zero attached hydrogens (tertiary/aromatic N) is 5. The van der Waals surface area contributed by atoms with E-state index in [1.165, 1.54) is 25.9 Å². The number of likely N-dealkylation sites (tertiary alicyclic amines) is 1. The topological polar surface area (TPSA) is 74.1 Å². The van der Waals surface area contributed by atoms with E-state index in [2.05, 4.69) is 56.0 Å². The number of piperidine rings is 1. The number of hydrogen-bond acceptors (Lipinski definition) is 5. The lowest BCUT2D eigenvalue weighted by Gasteiger charge is -2.28. The lowest BCUT2D eigenvalue weighted by atomic mass is 9.97. The van der Waals surface area contributed by atoms with Gasteiger partial charge in [0.15, 0.2) is 0 Å². The van der Waals surface area contributed by atoms with Gasteiger partial charge in [-0.3, -0.25) is 0 Å². The van der Waals surface area contributed by atoms with Gasteiger partial charge in [0.05, 0.1) is 11.7 Å². The van der Waals surface area contributed by atoms with Gasteiger partial charge in [0, 0.05) is 41.6 Å². The van der Waals surface area contributed by atoms with Gasteiger partial charge in [-0.15, -0.1) is 0 Å². The summed E-state index contributed by atoms with van der Waals surface area (Å²) in [5.41, 5.74) is 5.08. The molecule has 0 amide bonds. The molecule has 4 aromatic heterocycles. The average Bonchev–Trinajstić information content (AvgIpc) is 3.36. The van der Waals surface area contributed by atoms with Gasteiger partial charge in [0.1, 0.15) is 5.65 Å². The minimum Gasteiger partial charge on any atom is -0.354 e. The Morgan fingerprint density at radius 3 is 3.00 bits per heavy atom. The molecule has 1 aliphatic rings. The molecule has 7 nitrogen and oxygen atoms in total. The summed E-state index contributed by atoms with van der Waals surface area (Å²) in [6.07, 6.45) is 12.0. The monoisotopic (exact) mass is 387 g/mol. The minimum atomic E-state index is 0.685. The molecule has 0 atom stereocenters. The Labute approximate surface area is 169 Å². The quantitative estimate of drug-likeness (QED) is 0.547. The molecule has 0 bridgehead atoms. The van der Waals surface area contributed by atoms with Crippen LogP contribution >= 0.6 is 0 Å². The summed E-state index contributed by atoms with van der Waals surface area (Å²) < 4.78 is 1.86. The molecule has 5 heterocycles. The first-order valence-electron chi connectivity index (χ1n) is 10.1. The maximum absolute atomic E-state index is 4.68. The van der Waals surface area contributed by atoms with Gasteiger partial charge < -0.3 is 15.2 Å². The number of anilines is 1. The number of fused-ring (bicyclic) bond motifs is 2. The second-order valence-electron chi connectivity index (χ2n) is 7.84. The van der Waals surface area contributed by atoms with E-state index in [9.17, 15) is 0 Å². The normalized spacial score (nSPS) is 15.9. The number of aromatic amines is 1. The van der Waals surface area contributed by atoms with E-state index in [0.717, 1.165) is 39.8 Å². The number of H-pyrrole nitrogens is 1. The molecule has 1 aliphatic heterocycles. The molecule has 5 rings (SSSR count). The van der Waals surface area contributed by atoms with Crippen molar-refractivity contribution >= 4 is 28.6 Å². The highest BCUT2D eigenvalue weighted by atomic mass is 15.2. The van der Waals surface area contributed by atoms with Gasteiger partial charge in [-0.05, 0) is 56.6 Å². The Kier molecular flexibility index (Phi) is 4.52. The Balaban J connectivity index is 1.38. The summed E-state index contributed by atoms with van der Waals surface area (Å²) in [7, 11) is 2.19. The molecule has 1 fully saturated rings. The fourth-order valence-electron chi connectivity index (χ4n) is 4.06. The highest BCUT2D eigenvalue weighted by Crippen LogP contribution is 2.29. The van der Waals surface area contributed by atoms with Gasteiger partial charge >= 0.3 is 0 Å². The predicted octanol–water partition coefficient (Wildman–Crippen LogP) is 3.67. The number of rotatable bonds is 5. The van der Waals surface area contributed by atoms with Gasteiger partial charge in [-0.2, -0.15) is 10.1 Å². The first-order valence-corrected chi connectivity index (χ1v) is 10.1. The third-order valence-electron chi connectivity index (χ3n) is 5.90. The lowest BCUT2D eigenvalue weighted by molar-refractivity contribution is 0.226. The van der Waals surface area contributed by atoms with Crippen LogP contribution in [0.3, 0.4) is 0 Å². The summed E-state index contributed by atoms with van der Waals surface area (Å²) in [4.78, 5) is 14.9. The largest absolute Gasteiger partial charge is 0.354 e. The molecular weight excluding hydrogens is 362 g/mol. The summed E-state index contributed by atoms with van der Waals surface area (Å²) in [5.74, 6) is 1.37. The van der Waals surface area contributed by atoms with Gasteiger partial charge in [-0.25, -0.2) is 9.50 Å². The zero-order valence-corrected chi connectivity index (χ0v) is 16.6. The van der Waals surface area contributed by atoms with Crippen molar-refractivity contribution in [3.05, 3.63) is 49.1 Å². The van der Waals surface area contributed by atoms with Gasteiger partial charge in [0.25, 0.3) is 0 Å². The molecule has 0 unspecified atom stereocenters. The summed E-state index contributed by atoms with van der Waals surface area (Å²) in [6, 6.07) is 4.18. The summed E-state index contributed by atoms with van der Waals surface area (Å²) in [5, 5.41) is 8.79. The maximum atomic E-state index is 4.68. The second kappa shape index (κ2) is 7.33. The van der Waals surface area contributed by atoms with Crippen LogP contribution < -0.4 is 5.32 Å². The van der Waals surface area contributed by atoms with Crippen LogP contribution in [0.15, 0.2) is 43.5 Å². The van der Waals surface area contributed by atoms with Crippen molar-refractivity contribution in [2.45, 2.75) is 12.8 Å². The predicted molar refractivity (Wildman–Crippen MR) is 117 cm³/mol. The number of pyridine rings is 1. The van der Waals surface area contributed by atoms with Gasteiger partial charge in [-0.1, -0.05) is 12.7 Å². The molecule has 0 radical (unpaired) electrons. The molecule has 0 spiro atoms. The van der Waals surface area contributed by atoms with E-state index < -0.39 is 0 Å². The van der Waals surface area contributed by atoms with Crippen LogP contribution in [0, 0.1) is 5.92 Å². The summed E-state index contributed by atoms with van der Waals surface area (Å²) >= 11 is 0. The summed E-state index contributed by atoms with van der Waals surface area (Å²) in [6.45, 7) is 7.13. The smallest absolute Gasteiger partial charge is 0.224 e. The van der Waals surface area contributed by atoms with E-state index in [0.29, 0.717) is 11.9 Å². The molecule has 4 aromatic rings. The number of aromatic nitrogens is 5. The third kappa shape index (κ3) is 3.38. The Morgan fingerprint density at radius 2 is 2.17 bits per heavy atom. The van der Waals surface area contributed by atoms with Crippen molar-refractivity contribution in [1.29, 1.82) is 0 Å². The van der Waals surface area contributed by atoms with Crippen molar-refractivity contribution in [3.8, 4) is 11.1 Å². The molecule has 29 heavy (non-hydrogen) atoms. The zero-order chi connectivity index (χ0) is 19.8. The highest BCUT2D eigenvalue weighted by molar-refractivity contribution is 5.94. The van der Waals surface area contributed by atoms with Gasteiger partial charge in [0.2, 0.25) is 5.95 Å². The Morgan fingerprint density at radius 1 is 1.31 bits per heavy atom. The minimum absolute atomic E-state index is 0.685. The van der Waals surface area contributed by atoms with Crippen LogP contribution in [0.25, 0.3) is 33.8 Å². The van der Waals surface area contributed by atoms with Crippen molar-refractivity contribution in [2.75, 3.05) is 32.0 Å². The molecule has 0 saturated carbocycles. The molecule has 0 aliphatic carbocycles. The van der Waals surface area contributed by atoms with E-state index in [1.54, 1.807) is 0 Å². The maximum Gasteiger partial charge on any atom is 0.224 e. The average molecular weight is 387 g/mol. The molecule has 148 valence electrons. The SMILES string of the molecule is C=Cc1cnn2ccc(-c3c[nH]c4nc(NCC5CCN(C)CC5)ncc34)cc12. The van der Waals surface area contributed by atoms with Crippen LogP contribution in [0.1, 0.15) is 18.4 Å². The van der Waals surface area contributed by atoms with Crippen molar-refractivity contribution in [1.82, 2.24) is 29.5 Å². The van der Waals surface area contributed by atoms with E-state index in [4.69, 9.17) is 0 Å². The fourth-order valence-corrected chi connectivity index (χ4v) is 4.06. The first-order chi connectivity index (χ1) is 14.2. The van der Waals surface area contributed by atoms with Crippen molar-refractivity contribution in [3.63, 3.8) is 0 Å². The van der Waals surface area contributed by atoms with Crippen LogP contribution in [-0.2, 0) is 0 Å². The van der Waals surface area contributed by atoms with E-state index in [1.807, 2.05) is 35.4 Å². The zero-order valence-electron chi connectivity index (χ0n) is 16.6. The van der Waals surface area contributed by atoms with Crippen LogP contribution in [0.4, 0.5) is 5.95 Å². The number of hydrogen-bond donors (Lipinski definition) is 2. The van der Waals surface area contributed by atoms with E-state index >= 15 is 0 Å². The molecule has 7 heteroatoms. The number of nitrogens with one attached hydrogen (secondary N) is 2. The molecule has 1 saturated heterocycles. The molecule has 2 N–H and O–H groups in total. The van der Waals surface area contributed by atoms with Crippen LogP contribution in [0.5, 0.6) is 0 Å². The molecular formula is C22H25N7. The van der Waals surface area contributed by atoms with Crippen LogP contribution in [-0.4, -0.2) is 56.1 Å². The van der Waals surface area contributed by atoms with E-state index in [-0.39, 0.29) is 0 Å². The van der Waals surface area contributed by atoms with Crippen LogP contribution in [0.2, 0.25) is 0 Å².